The minimum Gasteiger partial charge on any atom is -0.354 e. The first kappa shape index (κ1) is 11.7. The smallest absolute Gasteiger partial charge is 0.226 e. The average Bonchev–Trinajstić information content (AvgIpc) is 2.70. The molecule has 1 aromatic rings. The first-order valence-corrected chi connectivity index (χ1v) is 5.28. The molecule has 0 radical (unpaired) electrons. The van der Waals surface area contributed by atoms with Crippen molar-refractivity contribution >= 4 is 5.91 Å². The second-order valence-corrected chi connectivity index (χ2v) is 3.36. The van der Waals surface area contributed by atoms with Crippen molar-refractivity contribution in [3.63, 3.8) is 0 Å². The van der Waals surface area contributed by atoms with Crippen molar-refractivity contribution < 1.29 is 4.79 Å². The van der Waals surface area contributed by atoms with Crippen molar-refractivity contribution in [1.82, 2.24) is 20.8 Å². The van der Waals surface area contributed by atoms with Gasteiger partial charge in [-0.3, -0.25) is 9.89 Å². The quantitative estimate of drug-likeness (QED) is 0.558. The summed E-state index contributed by atoms with van der Waals surface area (Å²) in [5.74, 6) is 0.0255. The number of amides is 1. The lowest BCUT2D eigenvalue weighted by Crippen LogP contribution is -2.33. The first-order valence-electron chi connectivity index (χ1n) is 5.28. The molecule has 15 heavy (non-hydrogen) atoms. The Morgan fingerprint density at radius 1 is 1.47 bits per heavy atom. The van der Waals surface area contributed by atoms with Crippen LogP contribution in [-0.4, -0.2) is 35.7 Å². The van der Waals surface area contributed by atoms with Crippen LogP contribution in [0.3, 0.4) is 0 Å². The zero-order chi connectivity index (χ0) is 10.9. The lowest BCUT2D eigenvalue weighted by molar-refractivity contribution is -0.120. The molecule has 84 valence electrons. The standard InChI is InChI=1S/C10H18N4O/c1-2-4-11-6-7-12-10(15)8-9-3-5-13-14-9/h3,5,11H,2,4,6-8H2,1H3,(H,12,15)(H,13,14). The van der Waals surface area contributed by atoms with E-state index in [0.717, 1.165) is 25.2 Å². The molecule has 0 spiro atoms. The van der Waals surface area contributed by atoms with Crippen LogP contribution < -0.4 is 10.6 Å². The predicted molar refractivity (Wildman–Crippen MR) is 58.5 cm³/mol. The summed E-state index contributed by atoms with van der Waals surface area (Å²) in [6, 6.07) is 1.80. The average molecular weight is 210 g/mol. The molecule has 5 nitrogen and oxygen atoms in total. The monoisotopic (exact) mass is 210 g/mol. The molecule has 1 rings (SSSR count). The minimum absolute atomic E-state index is 0.0255. The molecule has 0 aliphatic carbocycles. The normalized spacial score (nSPS) is 10.2. The summed E-state index contributed by atoms with van der Waals surface area (Å²) in [6.07, 6.45) is 3.13. The number of rotatable bonds is 7. The van der Waals surface area contributed by atoms with Crippen LogP contribution in [-0.2, 0) is 11.2 Å². The van der Waals surface area contributed by atoms with Crippen LogP contribution in [0.5, 0.6) is 0 Å². The Morgan fingerprint density at radius 3 is 3.00 bits per heavy atom. The maximum atomic E-state index is 11.4. The summed E-state index contributed by atoms with van der Waals surface area (Å²) in [7, 11) is 0. The van der Waals surface area contributed by atoms with Crippen LogP contribution in [0.1, 0.15) is 19.0 Å². The minimum atomic E-state index is 0.0255. The van der Waals surface area contributed by atoms with Crippen LogP contribution in [0.4, 0.5) is 0 Å². The SMILES string of the molecule is CCCNCCNC(=O)Cc1ccn[nH]1. The van der Waals surface area contributed by atoms with Crippen molar-refractivity contribution in [3.8, 4) is 0 Å². The maximum absolute atomic E-state index is 11.4. The Kier molecular flexibility index (Phi) is 5.47. The Labute approximate surface area is 89.6 Å². The summed E-state index contributed by atoms with van der Waals surface area (Å²) in [6.45, 7) is 4.61. The molecule has 1 heterocycles. The van der Waals surface area contributed by atoms with E-state index >= 15 is 0 Å². The number of aromatic amines is 1. The van der Waals surface area contributed by atoms with E-state index in [0.29, 0.717) is 13.0 Å². The van der Waals surface area contributed by atoms with E-state index in [1.807, 2.05) is 0 Å². The van der Waals surface area contributed by atoms with Gasteiger partial charge < -0.3 is 10.6 Å². The molecule has 0 fully saturated rings. The fraction of sp³-hybridized carbons (Fsp3) is 0.600. The van der Waals surface area contributed by atoms with Gasteiger partial charge >= 0.3 is 0 Å². The Bertz CT molecular complexity index is 271. The number of H-pyrrole nitrogens is 1. The molecule has 0 saturated heterocycles. The summed E-state index contributed by atoms with van der Waals surface area (Å²) in [5.41, 5.74) is 0.842. The van der Waals surface area contributed by atoms with E-state index in [4.69, 9.17) is 0 Å². The highest BCUT2D eigenvalue weighted by molar-refractivity contribution is 5.77. The molecule has 1 amide bonds. The van der Waals surface area contributed by atoms with E-state index in [2.05, 4.69) is 27.8 Å². The van der Waals surface area contributed by atoms with Crippen molar-refractivity contribution in [3.05, 3.63) is 18.0 Å². The van der Waals surface area contributed by atoms with Crippen LogP contribution in [0.15, 0.2) is 12.3 Å². The van der Waals surface area contributed by atoms with Crippen molar-refractivity contribution in [1.29, 1.82) is 0 Å². The molecule has 0 saturated carbocycles. The number of carbonyl (C=O) groups excluding carboxylic acids is 1. The number of carbonyl (C=O) groups is 1. The number of aromatic nitrogens is 2. The highest BCUT2D eigenvalue weighted by Crippen LogP contribution is 1.91. The molecule has 0 atom stereocenters. The Morgan fingerprint density at radius 2 is 2.33 bits per heavy atom. The first-order chi connectivity index (χ1) is 7.33. The van der Waals surface area contributed by atoms with Gasteiger partial charge in [-0.2, -0.15) is 5.10 Å². The van der Waals surface area contributed by atoms with Gasteiger partial charge in [0, 0.05) is 25.0 Å². The van der Waals surface area contributed by atoms with Gasteiger partial charge in [0.25, 0.3) is 0 Å². The lowest BCUT2D eigenvalue weighted by atomic mass is 10.3. The van der Waals surface area contributed by atoms with Gasteiger partial charge in [-0.05, 0) is 19.0 Å². The molecule has 3 N–H and O–H groups in total. The van der Waals surface area contributed by atoms with Crippen molar-refractivity contribution in [2.24, 2.45) is 0 Å². The third-order valence-electron chi connectivity index (χ3n) is 1.96. The van der Waals surface area contributed by atoms with Gasteiger partial charge in [-0.25, -0.2) is 0 Å². The fourth-order valence-corrected chi connectivity index (χ4v) is 1.21. The molecular weight excluding hydrogens is 192 g/mol. The Balaban J connectivity index is 2.04. The molecule has 0 aliphatic rings. The number of hydrogen-bond acceptors (Lipinski definition) is 3. The fourth-order valence-electron chi connectivity index (χ4n) is 1.21. The van der Waals surface area contributed by atoms with Gasteiger partial charge in [0.1, 0.15) is 0 Å². The molecule has 0 unspecified atom stereocenters. The number of nitrogens with one attached hydrogen (secondary N) is 3. The summed E-state index contributed by atoms with van der Waals surface area (Å²) < 4.78 is 0. The van der Waals surface area contributed by atoms with Crippen molar-refractivity contribution in [2.75, 3.05) is 19.6 Å². The van der Waals surface area contributed by atoms with E-state index in [1.165, 1.54) is 0 Å². The molecule has 1 aromatic heterocycles. The van der Waals surface area contributed by atoms with E-state index in [-0.39, 0.29) is 5.91 Å². The van der Waals surface area contributed by atoms with Gasteiger partial charge in [0.15, 0.2) is 0 Å². The van der Waals surface area contributed by atoms with Gasteiger partial charge in [0.2, 0.25) is 5.91 Å². The molecule has 0 bridgehead atoms. The van der Waals surface area contributed by atoms with E-state index < -0.39 is 0 Å². The van der Waals surface area contributed by atoms with Gasteiger partial charge in [-0.1, -0.05) is 6.92 Å². The van der Waals surface area contributed by atoms with Crippen LogP contribution in [0.2, 0.25) is 0 Å². The molecule has 0 aromatic carbocycles. The van der Waals surface area contributed by atoms with E-state index in [1.54, 1.807) is 12.3 Å². The topological polar surface area (TPSA) is 69.8 Å². The van der Waals surface area contributed by atoms with Crippen molar-refractivity contribution in [2.45, 2.75) is 19.8 Å². The number of hydrogen-bond donors (Lipinski definition) is 3. The van der Waals surface area contributed by atoms with Gasteiger partial charge in [-0.15, -0.1) is 0 Å². The predicted octanol–water partition coefficient (Wildman–Crippen LogP) is 0.0680. The zero-order valence-corrected chi connectivity index (χ0v) is 9.05. The van der Waals surface area contributed by atoms with Crippen LogP contribution >= 0.6 is 0 Å². The summed E-state index contributed by atoms with van der Waals surface area (Å²) in [5, 5.41) is 12.6. The summed E-state index contributed by atoms with van der Waals surface area (Å²) >= 11 is 0. The highest BCUT2D eigenvalue weighted by atomic mass is 16.1. The Hall–Kier alpha value is -1.36. The maximum Gasteiger partial charge on any atom is 0.226 e. The molecule has 0 aliphatic heterocycles. The van der Waals surface area contributed by atoms with Crippen LogP contribution in [0, 0.1) is 0 Å². The highest BCUT2D eigenvalue weighted by Gasteiger charge is 2.02. The zero-order valence-electron chi connectivity index (χ0n) is 9.05. The second kappa shape index (κ2) is 7.00. The lowest BCUT2D eigenvalue weighted by Gasteiger charge is -2.04. The van der Waals surface area contributed by atoms with Gasteiger partial charge in [0.05, 0.1) is 6.42 Å². The molecule has 5 heteroatoms. The third-order valence-corrected chi connectivity index (χ3v) is 1.96. The second-order valence-electron chi connectivity index (χ2n) is 3.36. The largest absolute Gasteiger partial charge is 0.354 e. The molecular formula is C10H18N4O. The van der Waals surface area contributed by atoms with E-state index in [9.17, 15) is 4.79 Å². The third kappa shape index (κ3) is 5.17. The van der Waals surface area contributed by atoms with Crippen LogP contribution in [0.25, 0.3) is 0 Å². The number of nitrogens with zero attached hydrogens (tertiary/aromatic N) is 1. The summed E-state index contributed by atoms with van der Waals surface area (Å²) in [4.78, 5) is 11.4.